The highest BCUT2D eigenvalue weighted by atomic mass is 35.5. The summed E-state index contributed by atoms with van der Waals surface area (Å²) in [5.41, 5.74) is 2.03. The molecule has 2 aromatic carbocycles. The van der Waals surface area contributed by atoms with Gasteiger partial charge in [-0.3, -0.25) is 14.6 Å². The number of hydrogen-bond acceptors (Lipinski definition) is 3. The van der Waals surface area contributed by atoms with Gasteiger partial charge in [0.25, 0.3) is 5.91 Å². The maximum atomic E-state index is 13.7. The number of nitrogens with zero attached hydrogens (tertiary/aromatic N) is 2. The number of carbonyl (C=O) groups excluding carboxylic acids is 1. The summed E-state index contributed by atoms with van der Waals surface area (Å²) in [5.74, 6) is -1.00. The van der Waals surface area contributed by atoms with E-state index in [2.05, 4.69) is 10.3 Å². The van der Waals surface area contributed by atoms with Crippen LogP contribution in [0.3, 0.4) is 0 Å². The Balaban J connectivity index is 1.85. The number of aryl methyl sites for hydroxylation is 2. The molecule has 0 aliphatic carbocycles. The van der Waals surface area contributed by atoms with Gasteiger partial charge in [0.05, 0.1) is 16.7 Å². The van der Waals surface area contributed by atoms with Crippen molar-refractivity contribution in [3.05, 3.63) is 81.0 Å². The predicted molar refractivity (Wildman–Crippen MR) is 113 cm³/mol. The van der Waals surface area contributed by atoms with Crippen LogP contribution in [0.15, 0.2) is 53.6 Å². The van der Waals surface area contributed by atoms with Gasteiger partial charge in [-0.05, 0) is 55.8 Å². The molecular weight excluding hydrogens is 393 g/mol. The van der Waals surface area contributed by atoms with Gasteiger partial charge in [0.2, 0.25) is 5.43 Å². The summed E-state index contributed by atoms with van der Waals surface area (Å²) in [6.07, 6.45) is 3.05. The predicted octanol–water partition coefficient (Wildman–Crippen LogP) is 4.92. The Bertz CT molecular complexity index is 1350. The van der Waals surface area contributed by atoms with Crippen molar-refractivity contribution < 1.29 is 9.18 Å². The van der Waals surface area contributed by atoms with Crippen LogP contribution >= 0.6 is 11.6 Å². The third-order valence-corrected chi connectivity index (χ3v) is 5.37. The van der Waals surface area contributed by atoms with E-state index >= 15 is 0 Å². The molecule has 0 aliphatic rings. The maximum Gasteiger partial charge on any atom is 0.261 e. The molecule has 29 heavy (non-hydrogen) atoms. The molecule has 2 aromatic heterocycles. The lowest BCUT2D eigenvalue weighted by Gasteiger charge is -2.15. The maximum absolute atomic E-state index is 13.7. The first-order valence-electron chi connectivity index (χ1n) is 9.08. The summed E-state index contributed by atoms with van der Waals surface area (Å²) in [6, 6.07) is 9.00. The molecule has 4 rings (SSSR count). The van der Waals surface area contributed by atoms with Crippen molar-refractivity contribution in [2.24, 2.45) is 0 Å². The fourth-order valence-corrected chi connectivity index (χ4v) is 3.63. The summed E-state index contributed by atoms with van der Waals surface area (Å²) in [4.78, 5) is 30.2. The molecule has 0 bridgehead atoms. The Morgan fingerprint density at radius 1 is 1.21 bits per heavy atom. The second-order valence-electron chi connectivity index (χ2n) is 6.70. The molecule has 5 nitrogen and oxygen atoms in total. The quantitative estimate of drug-likeness (QED) is 0.522. The van der Waals surface area contributed by atoms with Gasteiger partial charge in [-0.2, -0.15) is 0 Å². The monoisotopic (exact) mass is 409 g/mol. The Kier molecular flexibility index (Phi) is 4.80. The van der Waals surface area contributed by atoms with E-state index in [0.717, 1.165) is 5.56 Å². The van der Waals surface area contributed by atoms with Crippen molar-refractivity contribution in [3.63, 3.8) is 0 Å². The normalized spacial score (nSPS) is 11.2. The van der Waals surface area contributed by atoms with E-state index in [0.29, 0.717) is 39.1 Å². The van der Waals surface area contributed by atoms with E-state index in [9.17, 15) is 14.0 Å². The Labute approximate surface area is 170 Å². The van der Waals surface area contributed by atoms with E-state index in [1.165, 1.54) is 30.6 Å². The second-order valence-corrected chi connectivity index (χ2v) is 7.11. The first-order chi connectivity index (χ1) is 13.9. The van der Waals surface area contributed by atoms with Crippen LogP contribution in [0, 0.1) is 12.7 Å². The SMILES string of the molecule is CCn1cc(C(=O)Nc2ccnc3ccc(F)cc23)c(=O)c2ccc(Cl)c(C)c21. The van der Waals surface area contributed by atoms with Crippen LogP contribution in [0.4, 0.5) is 10.1 Å². The van der Waals surface area contributed by atoms with Crippen LogP contribution in [0.2, 0.25) is 5.02 Å². The van der Waals surface area contributed by atoms with E-state index < -0.39 is 11.7 Å². The zero-order chi connectivity index (χ0) is 20.7. The smallest absolute Gasteiger partial charge is 0.261 e. The Morgan fingerprint density at radius 3 is 2.76 bits per heavy atom. The number of hydrogen-bond donors (Lipinski definition) is 1. The molecule has 7 heteroatoms. The summed E-state index contributed by atoms with van der Waals surface area (Å²) in [5, 5.41) is 4.16. The fourth-order valence-electron chi connectivity index (χ4n) is 3.48. The van der Waals surface area contributed by atoms with Gasteiger partial charge in [-0.15, -0.1) is 0 Å². The van der Waals surface area contributed by atoms with E-state index in [1.54, 1.807) is 18.2 Å². The van der Waals surface area contributed by atoms with Gasteiger partial charge < -0.3 is 9.88 Å². The minimum Gasteiger partial charge on any atom is -0.346 e. The molecule has 1 amide bonds. The van der Waals surface area contributed by atoms with Crippen LogP contribution < -0.4 is 10.7 Å². The lowest BCUT2D eigenvalue weighted by molar-refractivity contribution is 0.102. The topological polar surface area (TPSA) is 64.0 Å². The third-order valence-electron chi connectivity index (χ3n) is 4.96. The molecule has 0 saturated heterocycles. The Morgan fingerprint density at radius 2 is 2.00 bits per heavy atom. The standard InChI is InChI=1S/C22H17ClFN3O2/c1-3-27-11-16(21(28)14-5-6-17(23)12(2)20(14)27)22(29)26-19-8-9-25-18-7-4-13(24)10-15(18)19/h4-11H,3H2,1-2H3,(H,25,26,29). The molecule has 4 aromatic rings. The lowest BCUT2D eigenvalue weighted by Crippen LogP contribution is -2.24. The molecule has 146 valence electrons. The fraction of sp³-hybridized carbons (Fsp3) is 0.136. The van der Waals surface area contributed by atoms with Crippen LogP contribution in [-0.4, -0.2) is 15.5 Å². The molecule has 0 spiro atoms. The minimum atomic E-state index is -0.566. The number of amides is 1. The molecule has 1 N–H and O–H groups in total. The van der Waals surface area contributed by atoms with Crippen molar-refractivity contribution in [3.8, 4) is 0 Å². The number of fused-ring (bicyclic) bond motifs is 2. The highest BCUT2D eigenvalue weighted by molar-refractivity contribution is 6.32. The van der Waals surface area contributed by atoms with E-state index in [1.807, 2.05) is 18.4 Å². The van der Waals surface area contributed by atoms with Crippen molar-refractivity contribution >= 4 is 45.0 Å². The second kappa shape index (κ2) is 7.29. The molecule has 0 fully saturated rings. The van der Waals surface area contributed by atoms with Gasteiger partial charge in [-0.25, -0.2) is 4.39 Å². The summed E-state index contributed by atoms with van der Waals surface area (Å²) in [7, 11) is 0. The number of carbonyl (C=O) groups is 1. The van der Waals surface area contributed by atoms with Crippen molar-refractivity contribution in [1.82, 2.24) is 9.55 Å². The van der Waals surface area contributed by atoms with Crippen LogP contribution in [0.5, 0.6) is 0 Å². The molecular formula is C22H17ClFN3O2. The number of halogens is 2. The van der Waals surface area contributed by atoms with Crippen LogP contribution in [0.1, 0.15) is 22.8 Å². The minimum absolute atomic E-state index is 0.00226. The van der Waals surface area contributed by atoms with E-state index in [-0.39, 0.29) is 11.0 Å². The highest BCUT2D eigenvalue weighted by Gasteiger charge is 2.18. The molecule has 0 saturated carbocycles. The van der Waals surface area contributed by atoms with Crippen molar-refractivity contribution in [1.29, 1.82) is 0 Å². The molecule has 0 atom stereocenters. The lowest BCUT2D eigenvalue weighted by atomic mass is 10.1. The third kappa shape index (κ3) is 3.25. The zero-order valence-electron chi connectivity index (χ0n) is 15.8. The molecule has 0 unspecified atom stereocenters. The average Bonchev–Trinajstić information content (AvgIpc) is 2.71. The summed E-state index contributed by atoms with van der Waals surface area (Å²) < 4.78 is 15.5. The van der Waals surface area contributed by atoms with E-state index in [4.69, 9.17) is 11.6 Å². The average molecular weight is 410 g/mol. The first-order valence-corrected chi connectivity index (χ1v) is 9.46. The van der Waals surface area contributed by atoms with Crippen molar-refractivity contribution in [2.75, 3.05) is 5.32 Å². The number of rotatable bonds is 3. The van der Waals surface area contributed by atoms with Gasteiger partial charge >= 0.3 is 0 Å². The summed E-state index contributed by atoms with van der Waals surface area (Å²) >= 11 is 6.22. The molecule has 2 heterocycles. The molecule has 0 radical (unpaired) electrons. The van der Waals surface area contributed by atoms with Gasteiger partial charge in [-0.1, -0.05) is 11.6 Å². The van der Waals surface area contributed by atoms with Gasteiger partial charge in [0.1, 0.15) is 11.4 Å². The number of aromatic nitrogens is 2. The van der Waals surface area contributed by atoms with Crippen LogP contribution in [0.25, 0.3) is 21.8 Å². The summed E-state index contributed by atoms with van der Waals surface area (Å²) in [6.45, 7) is 4.32. The number of anilines is 1. The molecule has 0 aliphatic heterocycles. The number of nitrogens with one attached hydrogen (secondary N) is 1. The number of benzene rings is 2. The Hall–Kier alpha value is -3.25. The number of pyridine rings is 2. The van der Waals surface area contributed by atoms with Crippen molar-refractivity contribution in [2.45, 2.75) is 20.4 Å². The first kappa shape index (κ1) is 19.1. The van der Waals surface area contributed by atoms with Gasteiger partial charge in [0, 0.05) is 34.7 Å². The largest absolute Gasteiger partial charge is 0.346 e. The van der Waals surface area contributed by atoms with Gasteiger partial charge in [0.15, 0.2) is 0 Å². The highest BCUT2D eigenvalue weighted by Crippen LogP contribution is 2.25. The van der Waals surface area contributed by atoms with Crippen LogP contribution in [-0.2, 0) is 6.54 Å². The zero-order valence-corrected chi connectivity index (χ0v) is 16.5.